The van der Waals surface area contributed by atoms with Crippen LogP contribution in [-0.2, 0) is 6.18 Å². The van der Waals surface area contributed by atoms with Gasteiger partial charge in [0.2, 0.25) is 0 Å². The Morgan fingerprint density at radius 1 is 0.886 bits per heavy atom. The molecule has 1 aliphatic rings. The van der Waals surface area contributed by atoms with Crippen LogP contribution in [0.3, 0.4) is 0 Å². The summed E-state index contributed by atoms with van der Waals surface area (Å²) in [6.45, 7) is 1.14. The van der Waals surface area contributed by atoms with Gasteiger partial charge in [-0.05, 0) is 66.1 Å². The van der Waals surface area contributed by atoms with E-state index in [0.29, 0.717) is 41.8 Å². The summed E-state index contributed by atoms with van der Waals surface area (Å²) in [7, 11) is 0. The summed E-state index contributed by atoms with van der Waals surface area (Å²) in [5.41, 5.74) is 2.25. The van der Waals surface area contributed by atoms with Crippen molar-refractivity contribution in [2.75, 3.05) is 13.1 Å². The summed E-state index contributed by atoms with van der Waals surface area (Å²) in [5, 5.41) is 21.1. The standard InChI is InChI=1S/C27H21F3N4O/c28-27(29,30)23-11-9-21(10-12-23)25(20-5-1-18(15-31)2-6-20)34-14-13-24(17-34)33-26(35)22-7-3-19(16-32)4-8-22/h1-12,24-25H,13-14,17H2,(H,33,35)/t24?,25-/m1/s1. The maximum atomic E-state index is 13.1. The van der Waals surface area contributed by atoms with Gasteiger partial charge in [-0.3, -0.25) is 9.69 Å². The van der Waals surface area contributed by atoms with E-state index in [1.807, 2.05) is 18.2 Å². The Hall–Kier alpha value is -4.14. The van der Waals surface area contributed by atoms with E-state index in [-0.39, 0.29) is 18.0 Å². The van der Waals surface area contributed by atoms with E-state index in [1.165, 1.54) is 12.1 Å². The van der Waals surface area contributed by atoms with Crippen molar-refractivity contribution >= 4 is 5.91 Å². The van der Waals surface area contributed by atoms with Gasteiger partial charge in [-0.25, -0.2) is 0 Å². The van der Waals surface area contributed by atoms with Gasteiger partial charge in [0.15, 0.2) is 0 Å². The third kappa shape index (κ3) is 5.51. The third-order valence-electron chi connectivity index (χ3n) is 6.11. The predicted octanol–water partition coefficient (Wildman–Crippen LogP) is 5.04. The first-order chi connectivity index (χ1) is 16.8. The van der Waals surface area contributed by atoms with Crippen LogP contribution in [0.25, 0.3) is 0 Å². The topological polar surface area (TPSA) is 79.9 Å². The molecule has 0 spiro atoms. The van der Waals surface area contributed by atoms with E-state index < -0.39 is 11.7 Å². The fourth-order valence-electron chi connectivity index (χ4n) is 4.31. The van der Waals surface area contributed by atoms with Crippen molar-refractivity contribution < 1.29 is 18.0 Å². The molecule has 4 rings (SSSR count). The molecule has 8 heteroatoms. The Balaban J connectivity index is 1.55. The van der Waals surface area contributed by atoms with Gasteiger partial charge in [0, 0.05) is 24.7 Å². The molecule has 1 aliphatic heterocycles. The SMILES string of the molecule is N#Cc1ccc(C(=O)NC2CCN([C@H](c3ccc(C#N)cc3)c3ccc(C(F)(F)F)cc3)C2)cc1. The highest BCUT2D eigenvalue weighted by molar-refractivity contribution is 5.94. The van der Waals surface area contributed by atoms with Crippen LogP contribution in [0.5, 0.6) is 0 Å². The molecule has 176 valence electrons. The fourth-order valence-corrected chi connectivity index (χ4v) is 4.31. The number of hydrogen-bond donors (Lipinski definition) is 1. The van der Waals surface area contributed by atoms with E-state index in [0.717, 1.165) is 17.7 Å². The summed E-state index contributed by atoms with van der Waals surface area (Å²) in [6, 6.07) is 22.1. The first kappa shape index (κ1) is 24.0. The van der Waals surface area contributed by atoms with Crippen molar-refractivity contribution in [2.45, 2.75) is 24.7 Å². The fraction of sp³-hybridized carbons (Fsp3) is 0.222. The molecule has 0 bridgehead atoms. The Labute approximate surface area is 201 Å². The van der Waals surface area contributed by atoms with E-state index >= 15 is 0 Å². The number of nitrogens with one attached hydrogen (secondary N) is 1. The van der Waals surface area contributed by atoms with Gasteiger partial charge in [0.1, 0.15) is 0 Å². The Morgan fingerprint density at radius 3 is 1.91 bits per heavy atom. The van der Waals surface area contributed by atoms with Crippen molar-refractivity contribution in [1.29, 1.82) is 10.5 Å². The van der Waals surface area contributed by atoms with Gasteiger partial charge in [-0.2, -0.15) is 23.7 Å². The van der Waals surface area contributed by atoms with E-state index in [1.54, 1.807) is 36.4 Å². The molecule has 1 unspecified atom stereocenters. The van der Waals surface area contributed by atoms with Crippen molar-refractivity contribution in [3.63, 3.8) is 0 Å². The van der Waals surface area contributed by atoms with Crippen LogP contribution >= 0.6 is 0 Å². The number of rotatable bonds is 5. The lowest BCUT2D eigenvalue weighted by atomic mass is 9.95. The maximum absolute atomic E-state index is 13.1. The maximum Gasteiger partial charge on any atom is 0.416 e. The highest BCUT2D eigenvalue weighted by atomic mass is 19.4. The average Bonchev–Trinajstić information content (AvgIpc) is 3.32. The van der Waals surface area contributed by atoms with Crippen molar-refractivity contribution in [2.24, 2.45) is 0 Å². The minimum atomic E-state index is -4.42. The molecule has 35 heavy (non-hydrogen) atoms. The molecule has 0 aliphatic carbocycles. The van der Waals surface area contributed by atoms with Crippen LogP contribution in [-0.4, -0.2) is 29.9 Å². The normalized spacial score (nSPS) is 16.8. The van der Waals surface area contributed by atoms with Gasteiger partial charge in [-0.1, -0.05) is 24.3 Å². The number of alkyl halides is 3. The first-order valence-electron chi connectivity index (χ1n) is 11.0. The number of amides is 1. The molecule has 5 nitrogen and oxygen atoms in total. The zero-order chi connectivity index (χ0) is 25.0. The van der Waals surface area contributed by atoms with Crippen LogP contribution < -0.4 is 5.32 Å². The lowest BCUT2D eigenvalue weighted by molar-refractivity contribution is -0.137. The van der Waals surface area contributed by atoms with E-state index in [9.17, 15) is 18.0 Å². The second kappa shape index (κ2) is 10.0. The lowest BCUT2D eigenvalue weighted by Crippen LogP contribution is -2.38. The summed E-state index contributed by atoms with van der Waals surface area (Å²) in [5.74, 6) is -0.245. The van der Waals surface area contributed by atoms with Crippen molar-refractivity contribution in [3.05, 3.63) is 106 Å². The van der Waals surface area contributed by atoms with Crippen molar-refractivity contribution in [1.82, 2.24) is 10.2 Å². The molecule has 1 saturated heterocycles. The summed E-state index contributed by atoms with van der Waals surface area (Å²) < 4.78 is 39.3. The van der Waals surface area contributed by atoms with E-state index in [4.69, 9.17) is 10.5 Å². The molecule has 1 amide bonds. The van der Waals surface area contributed by atoms with Crippen LogP contribution in [0.15, 0.2) is 72.8 Å². The Kier molecular flexibility index (Phi) is 6.86. The van der Waals surface area contributed by atoms with Gasteiger partial charge >= 0.3 is 6.18 Å². The number of likely N-dealkylation sites (tertiary alicyclic amines) is 1. The number of nitrogens with zero attached hydrogens (tertiary/aromatic N) is 3. The highest BCUT2D eigenvalue weighted by Crippen LogP contribution is 2.35. The lowest BCUT2D eigenvalue weighted by Gasteiger charge is -2.29. The molecular formula is C27H21F3N4O. The number of nitriles is 2. The molecule has 1 fully saturated rings. The molecular weight excluding hydrogens is 453 g/mol. The van der Waals surface area contributed by atoms with E-state index in [2.05, 4.69) is 16.3 Å². The molecule has 0 saturated carbocycles. The van der Waals surface area contributed by atoms with Gasteiger partial charge in [-0.15, -0.1) is 0 Å². The van der Waals surface area contributed by atoms with Crippen LogP contribution in [0.4, 0.5) is 13.2 Å². The largest absolute Gasteiger partial charge is 0.416 e. The molecule has 1 N–H and O–H groups in total. The number of carbonyl (C=O) groups excluding carboxylic acids is 1. The molecule has 2 atom stereocenters. The monoisotopic (exact) mass is 474 g/mol. The number of hydrogen-bond acceptors (Lipinski definition) is 4. The minimum Gasteiger partial charge on any atom is -0.348 e. The first-order valence-corrected chi connectivity index (χ1v) is 11.0. The number of benzene rings is 3. The second-order valence-corrected chi connectivity index (χ2v) is 8.40. The molecule has 3 aromatic rings. The summed E-state index contributed by atoms with van der Waals surface area (Å²) >= 11 is 0. The zero-order valence-electron chi connectivity index (χ0n) is 18.6. The van der Waals surface area contributed by atoms with Crippen LogP contribution in [0.1, 0.15) is 50.6 Å². The molecule has 1 heterocycles. The quantitative estimate of drug-likeness (QED) is 0.562. The zero-order valence-corrected chi connectivity index (χ0v) is 18.6. The average molecular weight is 474 g/mol. The highest BCUT2D eigenvalue weighted by Gasteiger charge is 2.33. The minimum absolute atomic E-state index is 0.145. The predicted molar refractivity (Wildman–Crippen MR) is 123 cm³/mol. The smallest absolute Gasteiger partial charge is 0.348 e. The Bertz CT molecular complexity index is 1270. The van der Waals surface area contributed by atoms with Gasteiger partial charge in [0.05, 0.1) is 34.9 Å². The third-order valence-corrected chi connectivity index (χ3v) is 6.11. The summed E-state index contributed by atoms with van der Waals surface area (Å²) in [6.07, 6.45) is -3.74. The van der Waals surface area contributed by atoms with Gasteiger partial charge < -0.3 is 5.32 Å². The van der Waals surface area contributed by atoms with Crippen LogP contribution in [0.2, 0.25) is 0 Å². The molecule has 0 radical (unpaired) electrons. The number of halogens is 3. The Morgan fingerprint density at radius 2 is 1.40 bits per heavy atom. The van der Waals surface area contributed by atoms with Gasteiger partial charge in [0.25, 0.3) is 5.91 Å². The van der Waals surface area contributed by atoms with Crippen LogP contribution in [0, 0.1) is 22.7 Å². The summed E-state index contributed by atoms with van der Waals surface area (Å²) in [4.78, 5) is 14.8. The molecule has 0 aromatic heterocycles. The molecule has 3 aromatic carbocycles. The second-order valence-electron chi connectivity index (χ2n) is 8.40. The van der Waals surface area contributed by atoms with Crippen molar-refractivity contribution in [3.8, 4) is 12.1 Å². The number of carbonyl (C=O) groups is 1.